The predicted molar refractivity (Wildman–Crippen MR) is 93.2 cm³/mol. The first-order chi connectivity index (χ1) is 12.0. The molecule has 2 aromatic heterocycles. The highest BCUT2D eigenvalue weighted by molar-refractivity contribution is 5.90. The summed E-state index contributed by atoms with van der Waals surface area (Å²) in [7, 11) is 0. The molecule has 0 atom stereocenters. The Balaban J connectivity index is 1.53. The van der Waals surface area contributed by atoms with Crippen LogP contribution in [0.1, 0.15) is 27.3 Å². The Morgan fingerprint density at radius 2 is 1.88 bits per heavy atom. The minimum Gasteiger partial charge on any atom is -0.451 e. The minimum atomic E-state index is -0.617. The van der Waals surface area contributed by atoms with Gasteiger partial charge in [0.1, 0.15) is 5.65 Å². The summed E-state index contributed by atoms with van der Waals surface area (Å²) >= 11 is 0. The van der Waals surface area contributed by atoms with E-state index in [9.17, 15) is 9.59 Å². The summed E-state index contributed by atoms with van der Waals surface area (Å²) in [6, 6.07) is 13.4. The fraction of sp³-hybridized carbons (Fsp3) is 0.211. The van der Waals surface area contributed by atoms with E-state index in [4.69, 9.17) is 4.74 Å². The number of nitrogens with one attached hydrogen (secondary N) is 1. The number of fused-ring (bicyclic) bond motifs is 1. The lowest BCUT2D eigenvalue weighted by Gasteiger charge is -2.06. The number of benzene rings is 1. The first kappa shape index (κ1) is 16.7. The quantitative estimate of drug-likeness (QED) is 0.726. The minimum absolute atomic E-state index is 0.181. The summed E-state index contributed by atoms with van der Waals surface area (Å²) in [5.74, 6) is -0.970. The molecule has 0 fully saturated rings. The van der Waals surface area contributed by atoms with E-state index in [1.54, 1.807) is 16.7 Å². The van der Waals surface area contributed by atoms with Gasteiger partial charge in [0, 0.05) is 18.4 Å². The summed E-state index contributed by atoms with van der Waals surface area (Å²) in [5, 5.41) is 2.72. The molecule has 0 bridgehead atoms. The van der Waals surface area contributed by atoms with E-state index >= 15 is 0 Å². The number of hydrogen-bond donors (Lipinski definition) is 1. The molecular formula is C19H19N3O3. The molecule has 1 amide bonds. The molecule has 0 aliphatic carbocycles. The van der Waals surface area contributed by atoms with Crippen molar-refractivity contribution in [3.05, 3.63) is 71.2 Å². The van der Waals surface area contributed by atoms with Gasteiger partial charge in [-0.15, -0.1) is 0 Å². The molecule has 25 heavy (non-hydrogen) atoms. The molecule has 3 rings (SSSR count). The number of hydrogen-bond acceptors (Lipinski definition) is 4. The maximum Gasteiger partial charge on any atom is 0.359 e. The molecular weight excluding hydrogens is 318 g/mol. The number of aryl methyl sites for hydroxylation is 2. The second-order valence-electron chi connectivity index (χ2n) is 5.86. The predicted octanol–water partition coefficient (Wildman–Crippen LogP) is 2.42. The van der Waals surface area contributed by atoms with Gasteiger partial charge in [-0.05, 0) is 31.5 Å². The monoisotopic (exact) mass is 337 g/mol. The van der Waals surface area contributed by atoms with Crippen LogP contribution in [0.15, 0.2) is 48.7 Å². The Bertz CT molecular complexity index is 913. The number of aromatic nitrogens is 2. The zero-order chi connectivity index (χ0) is 17.8. The number of rotatable bonds is 5. The van der Waals surface area contributed by atoms with Crippen molar-refractivity contribution in [2.75, 3.05) is 6.61 Å². The van der Waals surface area contributed by atoms with Crippen LogP contribution in [-0.4, -0.2) is 27.9 Å². The second-order valence-corrected chi connectivity index (χ2v) is 5.86. The highest BCUT2D eigenvalue weighted by Crippen LogP contribution is 2.09. The third-order valence-electron chi connectivity index (χ3n) is 3.85. The maximum atomic E-state index is 12.1. The van der Waals surface area contributed by atoms with Crippen LogP contribution in [0.3, 0.4) is 0 Å². The van der Waals surface area contributed by atoms with Crippen LogP contribution in [-0.2, 0) is 16.1 Å². The molecule has 0 aliphatic rings. The number of carbonyl (C=O) groups excluding carboxylic acids is 2. The molecule has 1 N–H and O–H groups in total. The fourth-order valence-corrected chi connectivity index (χ4v) is 2.41. The van der Waals surface area contributed by atoms with Gasteiger partial charge in [0.2, 0.25) is 0 Å². The molecule has 0 saturated heterocycles. The van der Waals surface area contributed by atoms with Gasteiger partial charge in [0.25, 0.3) is 5.91 Å². The van der Waals surface area contributed by atoms with Gasteiger partial charge >= 0.3 is 5.97 Å². The number of nitrogens with zero attached hydrogens (tertiary/aromatic N) is 2. The van der Waals surface area contributed by atoms with Crippen molar-refractivity contribution in [2.24, 2.45) is 0 Å². The lowest BCUT2D eigenvalue weighted by Crippen LogP contribution is -2.28. The van der Waals surface area contributed by atoms with Gasteiger partial charge in [0.15, 0.2) is 12.3 Å². The summed E-state index contributed by atoms with van der Waals surface area (Å²) in [5.41, 5.74) is 3.95. The number of pyridine rings is 1. The van der Waals surface area contributed by atoms with Crippen LogP contribution in [0.4, 0.5) is 0 Å². The Labute approximate surface area is 145 Å². The average Bonchev–Trinajstić information content (AvgIpc) is 3.05. The van der Waals surface area contributed by atoms with Crippen molar-refractivity contribution in [2.45, 2.75) is 20.4 Å². The molecule has 0 radical (unpaired) electrons. The maximum absolute atomic E-state index is 12.1. The number of amides is 1. The normalized spacial score (nSPS) is 10.6. The van der Waals surface area contributed by atoms with Gasteiger partial charge in [-0.1, -0.05) is 35.9 Å². The molecule has 0 unspecified atom stereocenters. The standard InChI is InChI=1S/C19H19N3O3/c1-13-6-8-15(9-7-13)10-20-18(23)12-25-19(24)16-11-22-14(2)4-3-5-17(22)21-16/h3-9,11H,10,12H2,1-2H3,(H,20,23). The van der Waals surface area contributed by atoms with Crippen molar-refractivity contribution in [1.82, 2.24) is 14.7 Å². The summed E-state index contributed by atoms with van der Waals surface area (Å²) < 4.78 is 6.84. The third-order valence-corrected chi connectivity index (χ3v) is 3.85. The van der Waals surface area contributed by atoms with Gasteiger partial charge in [0.05, 0.1) is 0 Å². The first-order valence-corrected chi connectivity index (χ1v) is 7.97. The molecule has 2 heterocycles. The van der Waals surface area contributed by atoms with E-state index in [2.05, 4.69) is 10.3 Å². The molecule has 6 nitrogen and oxygen atoms in total. The highest BCUT2D eigenvalue weighted by Gasteiger charge is 2.14. The highest BCUT2D eigenvalue weighted by atomic mass is 16.5. The first-order valence-electron chi connectivity index (χ1n) is 7.97. The van der Waals surface area contributed by atoms with Crippen molar-refractivity contribution in [1.29, 1.82) is 0 Å². The van der Waals surface area contributed by atoms with E-state index in [0.717, 1.165) is 16.8 Å². The van der Waals surface area contributed by atoms with Crippen LogP contribution >= 0.6 is 0 Å². The molecule has 0 aliphatic heterocycles. The molecule has 0 saturated carbocycles. The van der Waals surface area contributed by atoms with Gasteiger partial charge in [-0.3, -0.25) is 4.79 Å². The van der Waals surface area contributed by atoms with Crippen molar-refractivity contribution >= 4 is 17.5 Å². The lowest BCUT2D eigenvalue weighted by atomic mass is 10.1. The number of imidazole rings is 1. The van der Waals surface area contributed by atoms with Crippen LogP contribution in [0.5, 0.6) is 0 Å². The molecule has 0 spiro atoms. The van der Waals surface area contributed by atoms with E-state index in [0.29, 0.717) is 12.2 Å². The Morgan fingerprint density at radius 3 is 2.60 bits per heavy atom. The fourth-order valence-electron chi connectivity index (χ4n) is 2.41. The number of ether oxygens (including phenoxy) is 1. The third kappa shape index (κ3) is 4.03. The topological polar surface area (TPSA) is 72.7 Å². The second kappa shape index (κ2) is 7.17. The lowest BCUT2D eigenvalue weighted by molar-refractivity contribution is -0.124. The van der Waals surface area contributed by atoms with Gasteiger partial charge < -0.3 is 14.5 Å². The van der Waals surface area contributed by atoms with Crippen LogP contribution < -0.4 is 5.32 Å². The zero-order valence-electron chi connectivity index (χ0n) is 14.2. The Kier molecular flexibility index (Phi) is 4.79. The smallest absolute Gasteiger partial charge is 0.359 e. The molecule has 1 aromatic carbocycles. The van der Waals surface area contributed by atoms with Crippen LogP contribution in [0.25, 0.3) is 5.65 Å². The zero-order valence-corrected chi connectivity index (χ0v) is 14.2. The Morgan fingerprint density at radius 1 is 1.12 bits per heavy atom. The summed E-state index contributed by atoms with van der Waals surface area (Å²) in [6.07, 6.45) is 1.61. The Hall–Kier alpha value is -3.15. The number of esters is 1. The van der Waals surface area contributed by atoms with E-state index < -0.39 is 5.97 Å². The SMILES string of the molecule is Cc1ccc(CNC(=O)COC(=O)c2cn3c(C)cccc3n2)cc1. The molecule has 3 aromatic rings. The van der Waals surface area contributed by atoms with E-state index in [-0.39, 0.29) is 18.2 Å². The van der Waals surface area contributed by atoms with Crippen LogP contribution in [0.2, 0.25) is 0 Å². The molecule has 6 heteroatoms. The number of carbonyl (C=O) groups is 2. The van der Waals surface area contributed by atoms with Gasteiger partial charge in [-0.2, -0.15) is 0 Å². The summed E-state index contributed by atoms with van der Waals surface area (Å²) in [4.78, 5) is 28.1. The van der Waals surface area contributed by atoms with E-state index in [1.807, 2.05) is 50.2 Å². The van der Waals surface area contributed by atoms with Crippen molar-refractivity contribution in [3.8, 4) is 0 Å². The van der Waals surface area contributed by atoms with Crippen molar-refractivity contribution < 1.29 is 14.3 Å². The van der Waals surface area contributed by atoms with Crippen LogP contribution in [0, 0.1) is 13.8 Å². The largest absolute Gasteiger partial charge is 0.451 e. The van der Waals surface area contributed by atoms with Crippen molar-refractivity contribution in [3.63, 3.8) is 0 Å². The molecule has 128 valence electrons. The summed E-state index contributed by atoms with van der Waals surface area (Å²) in [6.45, 7) is 3.98. The van der Waals surface area contributed by atoms with E-state index in [1.165, 1.54) is 0 Å². The van der Waals surface area contributed by atoms with Gasteiger partial charge in [-0.25, -0.2) is 9.78 Å². The average molecular weight is 337 g/mol.